The van der Waals surface area contributed by atoms with E-state index in [0.717, 1.165) is 9.99 Å². The van der Waals surface area contributed by atoms with Crippen molar-refractivity contribution in [3.63, 3.8) is 0 Å². The minimum atomic E-state index is -3.59. The number of aromatic nitrogens is 1. The van der Waals surface area contributed by atoms with Gasteiger partial charge in [-0.3, -0.25) is 4.72 Å². The van der Waals surface area contributed by atoms with Crippen molar-refractivity contribution in [2.24, 2.45) is 0 Å². The number of nitrogens with zero attached hydrogens (tertiary/aromatic N) is 3. The van der Waals surface area contributed by atoms with Crippen LogP contribution in [-0.4, -0.2) is 64.3 Å². The summed E-state index contributed by atoms with van der Waals surface area (Å²) >= 11 is 0. The Balaban J connectivity index is 2.15. The molecule has 1 aromatic rings. The van der Waals surface area contributed by atoms with Gasteiger partial charge < -0.3 is 4.90 Å². The van der Waals surface area contributed by atoms with Gasteiger partial charge >= 0.3 is 10.2 Å². The molecule has 0 radical (unpaired) electrons. The molecule has 0 aliphatic carbocycles. The van der Waals surface area contributed by atoms with Crippen LogP contribution in [0.15, 0.2) is 18.3 Å². The van der Waals surface area contributed by atoms with Gasteiger partial charge in [-0.2, -0.15) is 12.7 Å². The largest absolute Gasteiger partial charge is 0.367 e. The van der Waals surface area contributed by atoms with Gasteiger partial charge in [0.25, 0.3) is 0 Å². The number of hydrogen-bond acceptors (Lipinski definition) is 6. The molecule has 0 bridgehead atoms. The van der Waals surface area contributed by atoms with Crippen molar-refractivity contribution in [1.82, 2.24) is 9.29 Å². The van der Waals surface area contributed by atoms with Crippen molar-refractivity contribution in [3.05, 3.63) is 18.3 Å². The van der Waals surface area contributed by atoms with Crippen molar-refractivity contribution in [2.45, 2.75) is 19.4 Å². The van der Waals surface area contributed by atoms with Crippen LogP contribution in [0.25, 0.3) is 0 Å². The Hall–Kier alpha value is -1.39. The van der Waals surface area contributed by atoms with Gasteiger partial charge in [0.1, 0.15) is 5.82 Å². The lowest BCUT2D eigenvalue weighted by atomic mass is 10.2. The Morgan fingerprint density at radius 1 is 1.35 bits per heavy atom. The highest BCUT2D eigenvalue weighted by molar-refractivity contribution is 7.91. The molecule has 1 aliphatic heterocycles. The molecule has 8 nitrogen and oxygen atoms in total. The SMILES string of the molecule is CCN(c1ccc(NS(=O)(=O)N(C)C)nc1)C1CCS(=O)(=O)C1. The van der Waals surface area contributed by atoms with Gasteiger partial charge in [0.2, 0.25) is 0 Å². The van der Waals surface area contributed by atoms with Crippen LogP contribution >= 0.6 is 0 Å². The fraction of sp³-hybridized carbons (Fsp3) is 0.615. The Morgan fingerprint density at radius 2 is 2.04 bits per heavy atom. The molecule has 1 aromatic heterocycles. The summed E-state index contributed by atoms with van der Waals surface area (Å²) in [6, 6.07) is 3.26. The molecule has 1 atom stereocenters. The van der Waals surface area contributed by atoms with Gasteiger partial charge in [-0.25, -0.2) is 13.4 Å². The molecule has 2 rings (SSSR count). The number of rotatable bonds is 6. The van der Waals surface area contributed by atoms with Gasteiger partial charge in [-0.15, -0.1) is 0 Å². The van der Waals surface area contributed by atoms with Crippen molar-refractivity contribution >= 4 is 31.6 Å². The summed E-state index contributed by atoms with van der Waals surface area (Å²) in [6.07, 6.45) is 2.16. The summed E-state index contributed by atoms with van der Waals surface area (Å²) in [7, 11) is -3.70. The van der Waals surface area contributed by atoms with E-state index >= 15 is 0 Å². The highest BCUT2D eigenvalue weighted by Crippen LogP contribution is 2.24. The van der Waals surface area contributed by atoms with Crippen molar-refractivity contribution in [3.8, 4) is 0 Å². The molecular weight excluding hydrogens is 340 g/mol. The molecule has 0 amide bonds. The first-order valence-electron chi connectivity index (χ1n) is 7.28. The van der Waals surface area contributed by atoms with E-state index in [1.807, 2.05) is 11.8 Å². The zero-order chi connectivity index (χ0) is 17.3. The Bertz CT molecular complexity index is 745. The molecule has 10 heteroatoms. The minimum absolute atomic E-state index is 0.0592. The molecule has 0 saturated carbocycles. The number of nitrogens with one attached hydrogen (secondary N) is 1. The monoisotopic (exact) mass is 362 g/mol. The summed E-state index contributed by atoms with van der Waals surface area (Å²) < 4.78 is 50.2. The number of sulfone groups is 1. The van der Waals surface area contributed by atoms with E-state index in [4.69, 9.17) is 0 Å². The van der Waals surface area contributed by atoms with Gasteiger partial charge in [-0.1, -0.05) is 0 Å². The summed E-state index contributed by atoms with van der Waals surface area (Å²) in [5.74, 6) is 0.579. The van der Waals surface area contributed by atoms with E-state index in [1.165, 1.54) is 14.1 Å². The van der Waals surface area contributed by atoms with Crippen LogP contribution < -0.4 is 9.62 Å². The predicted octanol–water partition coefficient (Wildman–Crippen LogP) is 0.313. The van der Waals surface area contributed by atoms with Gasteiger partial charge in [0.15, 0.2) is 9.84 Å². The van der Waals surface area contributed by atoms with Crippen LogP contribution in [0.1, 0.15) is 13.3 Å². The van der Waals surface area contributed by atoms with Gasteiger partial charge in [0, 0.05) is 26.7 Å². The van der Waals surface area contributed by atoms with E-state index in [0.29, 0.717) is 13.0 Å². The van der Waals surface area contributed by atoms with Crippen LogP contribution in [-0.2, 0) is 20.0 Å². The third-order valence-electron chi connectivity index (χ3n) is 3.78. The first kappa shape index (κ1) is 18.0. The fourth-order valence-electron chi connectivity index (χ4n) is 2.51. The maximum absolute atomic E-state index is 11.8. The number of anilines is 2. The normalized spacial score (nSPS) is 20.6. The molecule has 1 aliphatic rings. The summed E-state index contributed by atoms with van der Waals surface area (Å²) in [6.45, 7) is 2.61. The van der Waals surface area contributed by atoms with Crippen LogP contribution in [0.2, 0.25) is 0 Å². The van der Waals surface area contributed by atoms with Crippen molar-refractivity contribution < 1.29 is 16.8 Å². The van der Waals surface area contributed by atoms with E-state index in [2.05, 4.69) is 9.71 Å². The number of pyridine rings is 1. The summed E-state index contributed by atoms with van der Waals surface area (Å²) in [5, 5.41) is 0. The van der Waals surface area contributed by atoms with E-state index in [-0.39, 0.29) is 23.4 Å². The second kappa shape index (κ2) is 6.62. The van der Waals surface area contributed by atoms with Crippen LogP contribution in [0, 0.1) is 0 Å². The highest BCUT2D eigenvalue weighted by atomic mass is 32.2. The van der Waals surface area contributed by atoms with Crippen LogP contribution in [0.5, 0.6) is 0 Å². The molecule has 2 heterocycles. The molecule has 23 heavy (non-hydrogen) atoms. The maximum atomic E-state index is 11.8. The van der Waals surface area contributed by atoms with E-state index in [9.17, 15) is 16.8 Å². The van der Waals surface area contributed by atoms with Gasteiger partial charge in [-0.05, 0) is 25.5 Å². The molecule has 1 saturated heterocycles. The minimum Gasteiger partial charge on any atom is -0.367 e. The molecule has 0 spiro atoms. The van der Waals surface area contributed by atoms with Crippen molar-refractivity contribution in [2.75, 3.05) is 41.8 Å². The molecule has 1 fully saturated rings. The summed E-state index contributed by atoms with van der Waals surface area (Å²) in [5.41, 5.74) is 0.780. The lowest BCUT2D eigenvalue weighted by Crippen LogP contribution is -2.36. The Labute approximate surface area is 137 Å². The van der Waals surface area contributed by atoms with Crippen LogP contribution in [0.3, 0.4) is 0 Å². The number of hydrogen-bond donors (Lipinski definition) is 1. The second-order valence-corrected chi connectivity index (χ2v) is 9.75. The Morgan fingerprint density at radius 3 is 2.48 bits per heavy atom. The predicted molar refractivity (Wildman–Crippen MR) is 90.5 cm³/mol. The average molecular weight is 362 g/mol. The maximum Gasteiger partial charge on any atom is 0.302 e. The van der Waals surface area contributed by atoms with Crippen molar-refractivity contribution in [1.29, 1.82) is 0 Å². The quantitative estimate of drug-likeness (QED) is 0.782. The average Bonchev–Trinajstić information content (AvgIpc) is 2.81. The zero-order valence-corrected chi connectivity index (χ0v) is 15.1. The lowest BCUT2D eigenvalue weighted by molar-refractivity contribution is 0.526. The third kappa shape index (κ3) is 4.33. The summed E-state index contributed by atoms with van der Waals surface area (Å²) in [4.78, 5) is 6.10. The van der Waals surface area contributed by atoms with E-state index in [1.54, 1.807) is 18.3 Å². The van der Waals surface area contributed by atoms with Crippen LogP contribution in [0.4, 0.5) is 11.5 Å². The topological polar surface area (TPSA) is 99.7 Å². The molecule has 130 valence electrons. The highest BCUT2D eigenvalue weighted by Gasteiger charge is 2.31. The van der Waals surface area contributed by atoms with Gasteiger partial charge in [0.05, 0.1) is 23.4 Å². The molecule has 1 N–H and O–H groups in total. The smallest absolute Gasteiger partial charge is 0.302 e. The first-order chi connectivity index (χ1) is 10.6. The molecule has 1 unspecified atom stereocenters. The Kier molecular flexibility index (Phi) is 5.17. The molecular formula is C13H22N4O4S2. The lowest BCUT2D eigenvalue weighted by Gasteiger charge is -2.28. The zero-order valence-electron chi connectivity index (χ0n) is 13.4. The van der Waals surface area contributed by atoms with E-state index < -0.39 is 20.0 Å². The second-order valence-electron chi connectivity index (χ2n) is 5.63. The fourth-order valence-corrected chi connectivity index (χ4v) is 4.81. The third-order valence-corrected chi connectivity index (χ3v) is 6.96. The first-order valence-corrected chi connectivity index (χ1v) is 10.5. The molecule has 0 aromatic carbocycles. The standard InChI is InChI=1S/C13H22N4O4S2/c1-4-17(12-7-8-22(18,19)10-12)11-5-6-13(14-9-11)15-23(20,21)16(2)3/h5-6,9,12H,4,7-8,10H2,1-3H3,(H,14,15).